The molecule has 0 bridgehead atoms. The lowest BCUT2D eigenvalue weighted by Crippen LogP contribution is -2.28. The molecule has 6 nitrogen and oxygen atoms in total. The molecule has 1 saturated carbocycles. The molecule has 2 unspecified atom stereocenters. The van der Waals surface area contributed by atoms with Crippen LogP contribution in [0.3, 0.4) is 0 Å². The summed E-state index contributed by atoms with van der Waals surface area (Å²) in [6.07, 6.45) is 5.15. The van der Waals surface area contributed by atoms with Crippen molar-refractivity contribution in [2.75, 3.05) is 0 Å². The Labute approximate surface area is 180 Å². The molecule has 1 aliphatic carbocycles. The third kappa shape index (κ3) is 5.92. The molecule has 2 atom stereocenters. The summed E-state index contributed by atoms with van der Waals surface area (Å²) in [6, 6.07) is 16.6. The van der Waals surface area contributed by atoms with Crippen molar-refractivity contribution in [3.05, 3.63) is 76.2 Å². The van der Waals surface area contributed by atoms with Crippen molar-refractivity contribution in [3.8, 4) is 0 Å². The number of carbonyl (C=O) groups excluding carboxylic acids is 2. The number of hydrogen-bond donors (Lipinski definition) is 1. The van der Waals surface area contributed by atoms with Crippen LogP contribution >= 0.6 is 11.9 Å². The van der Waals surface area contributed by atoms with Gasteiger partial charge >= 0.3 is 5.97 Å². The van der Waals surface area contributed by atoms with Gasteiger partial charge in [-0.1, -0.05) is 73.9 Å². The van der Waals surface area contributed by atoms with E-state index >= 15 is 0 Å². The number of nitrogens with one attached hydrogen (secondary N) is 1. The normalized spacial score (nSPS) is 16.3. The van der Waals surface area contributed by atoms with Gasteiger partial charge in [-0.3, -0.25) is 14.3 Å². The van der Waals surface area contributed by atoms with Gasteiger partial charge in [-0.25, -0.2) is 0 Å². The number of carbonyl (C=O) groups is 2. The van der Waals surface area contributed by atoms with Gasteiger partial charge in [-0.2, -0.15) is 0 Å². The minimum atomic E-state index is -1.09. The van der Waals surface area contributed by atoms with Crippen LogP contribution in [0.15, 0.2) is 59.8 Å². The average molecular weight is 427 g/mol. The standard InChI is InChI=1S/C23H26N2O4S/c1-16(26)29-21(19-10-6-3-7-11-19)22(27)25-30-23(24-28)20-14-12-18(13-15-20)17-8-4-2-5-9-17/h3,6-7,10-15,17,21,23H,2,4-5,8-9H2,1H3,(H,25,27). The van der Waals surface area contributed by atoms with Crippen LogP contribution in [0.2, 0.25) is 0 Å². The molecular weight excluding hydrogens is 400 g/mol. The summed E-state index contributed by atoms with van der Waals surface area (Å²) in [7, 11) is 0. The first-order chi connectivity index (χ1) is 14.6. The number of amides is 1. The van der Waals surface area contributed by atoms with E-state index in [-0.39, 0.29) is 0 Å². The van der Waals surface area contributed by atoms with E-state index in [1.165, 1.54) is 44.6 Å². The van der Waals surface area contributed by atoms with Gasteiger partial charge in [0.25, 0.3) is 5.91 Å². The molecule has 0 heterocycles. The SMILES string of the molecule is CC(=O)OC(C(=O)NSC(N=O)c1ccc(C2CCCCC2)cc1)c1ccccc1. The van der Waals surface area contributed by atoms with Crippen molar-refractivity contribution in [1.82, 2.24) is 4.72 Å². The Hall–Kier alpha value is -2.67. The van der Waals surface area contributed by atoms with E-state index < -0.39 is 23.4 Å². The highest BCUT2D eigenvalue weighted by atomic mass is 32.2. The van der Waals surface area contributed by atoms with Gasteiger partial charge in [0.1, 0.15) is 0 Å². The Bertz CT molecular complexity index is 851. The highest BCUT2D eigenvalue weighted by molar-refractivity contribution is 7.98. The molecule has 1 aliphatic rings. The van der Waals surface area contributed by atoms with Crippen LogP contribution in [0.25, 0.3) is 0 Å². The number of nitrogens with zero attached hydrogens (tertiary/aromatic N) is 1. The molecule has 30 heavy (non-hydrogen) atoms. The number of rotatable bonds is 8. The summed E-state index contributed by atoms with van der Waals surface area (Å²) in [6.45, 7) is 1.25. The molecule has 3 rings (SSSR count). The molecule has 1 fully saturated rings. The zero-order valence-electron chi connectivity index (χ0n) is 17.0. The predicted molar refractivity (Wildman–Crippen MR) is 117 cm³/mol. The molecule has 2 aromatic rings. The fraction of sp³-hybridized carbons (Fsp3) is 0.391. The van der Waals surface area contributed by atoms with Crippen LogP contribution in [0, 0.1) is 4.91 Å². The summed E-state index contributed by atoms with van der Waals surface area (Å²) in [5, 5.41) is 2.37. The molecule has 2 aromatic carbocycles. The minimum absolute atomic E-state index is 0.520. The summed E-state index contributed by atoms with van der Waals surface area (Å²) in [5.41, 5.74) is 2.56. The van der Waals surface area contributed by atoms with Crippen molar-refractivity contribution in [3.63, 3.8) is 0 Å². The van der Waals surface area contributed by atoms with Gasteiger partial charge in [0.15, 0.2) is 5.37 Å². The second-order valence-electron chi connectivity index (χ2n) is 7.44. The summed E-state index contributed by atoms with van der Waals surface area (Å²) < 4.78 is 7.80. The van der Waals surface area contributed by atoms with Gasteiger partial charge in [-0.15, -0.1) is 4.91 Å². The van der Waals surface area contributed by atoms with Crippen LogP contribution in [-0.2, 0) is 14.3 Å². The zero-order chi connectivity index (χ0) is 21.3. The second-order valence-corrected chi connectivity index (χ2v) is 8.33. The monoisotopic (exact) mass is 426 g/mol. The van der Waals surface area contributed by atoms with Gasteiger partial charge in [0.05, 0.1) is 0 Å². The van der Waals surface area contributed by atoms with Crippen molar-refractivity contribution in [1.29, 1.82) is 0 Å². The highest BCUT2D eigenvalue weighted by Crippen LogP contribution is 2.35. The zero-order valence-corrected chi connectivity index (χ0v) is 17.8. The molecule has 1 N–H and O–H groups in total. The van der Waals surface area contributed by atoms with Crippen LogP contribution in [0.4, 0.5) is 0 Å². The summed E-state index contributed by atoms with van der Waals surface area (Å²) in [5.74, 6) is -0.501. The van der Waals surface area contributed by atoms with Gasteiger partial charge < -0.3 is 4.74 Å². The number of ether oxygens (including phenoxy) is 1. The van der Waals surface area contributed by atoms with E-state index in [1.54, 1.807) is 24.3 Å². The smallest absolute Gasteiger partial charge is 0.303 e. The molecule has 1 amide bonds. The maximum atomic E-state index is 12.6. The number of esters is 1. The summed E-state index contributed by atoms with van der Waals surface area (Å²) >= 11 is 0.904. The first-order valence-electron chi connectivity index (χ1n) is 10.2. The fourth-order valence-corrected chi connectivity index (χ4v) is 4.42. The maximum absolute atomic E-state index is 12.6. The highest BCUT2D eigenvalue weighted by Gasteiger charge is 2.25. The van der Waals surface area contributed by atoms with Gasteiger partial charge in [0.2, 0.25) is 6.10 Å². The molecule has 158 valence electrons. The molecule has 0 aromatic heterocycles. The lowest BCUT2D eigenvalue weighted by atomic mass is 9.84. The molecular formula is C23H26N2O4S. The van der Waals surface area contributed by atoms with E-state index in [1.807, 2.05) is 18.2 Å². The molecule has 0 saturated heterocycles. The third-order valence-corrected chi connectivity index (χ3v) is 6.19. The van der Waals surface area contributed by atoms with Crippen LogP contribution in [0.1, 0.15) is 73.1 Å². The van der Waals surface area contributed by atoms with E-state index in [2.05, 4.69) is 22.0 Å². The van der Waals surface area contributed by atoms with Crippen molar-refractivity contribution in [2.24, 2.45) is 5.18 Å². The third-order valence-electron chi connectivity index (χ3n) is 5.29. The lowest BCUT2D eigenvalue weighted by Gasteiger charge is -2.22. The van der Waals surface area contributed by atoms with E-state index in [0.717, 1.165) is 17.5 Å². The summed E-state index contributed by atoms with van der Waals surface area (Å²) in [4.78, 5) is 35.5. The largest absolute Gasteiger partial charge is 0.447 e. The van der Waals surface area contributed by atoms with Crippen molar-refractivity contribution >= 4 is 23.8 Å². The average Bonchev–Trinajstić information content (AvgIpc) is 2.79. The van der Waals surface area contributed by atoms with Gasteiger partial charge in [0, 0.05) is 12.5 Å². The minimum Gasteiger partial charge on any atom is -0.447 e. The Morgan fingerprint density at radius 1 is 1.00 bits per heavy atom. The van der Waals surface area contributed by atoms with E-state index in [4.69, 9.17) is 4.74 Å². The Morgan fingerprint density at radius 2 is 1.67 bits per heavy atom. The molecule has 0 radical (unpaired) electrons. The van der Waals surface area contributed by atoms with Crippen LogP contribution < -0.4 is 4.72 Å². The fourth-order valence-electron chi connectivity index (χ4n) is 3.75. The number of hydrogen-bond acceptors (Lipinski definition) is 6. The Balaban J connectivity index is 1.64. The Morgan fingerprint density at radius 3 is 2.27 bits per heavy atom. The van der Waals surface area contributed by atoms with Crippen molar-refractivity contribution in [2.45, 2.75) is 56.4 Å². The van der Waals surface area contributed by atoms with Gasteiger partial charge in [-0.05, 0) is 47.0 Å². The van der Waals surface area contributed by atoms with Crippen molar-refractivity contribution < 1.29 is 14.3 Å². The Kier molecular flexibility index (Phi) is 8.02. The molecule has 0 spiro atoms. The lowest BCUT2D eigenvalue weighted by molar-refractivity contribution is -0.153. The van der Waals surface area contributed by atoms with Crippen LogP contribution in [0.5, 0.6) is 0 Å². The first-order valence-corrected chi connectivity index (χ1v) is 11.1. The number of benzene rings is 2. The molecule has 7 heteroatoms. The maximum Gasteiger partial charge on any atom is 0.303 e. The topological polar surface area (TPSA) is 84.8 Å². The van der Waals surface area contributed by atoms with E-state index in [9.17, 15) is 14.5 Å². The number of nitroso groups, excluding NO2 is 1. The predicted octanol–water partition coefficient (Wildman–Crippen LogP) is 5.57. The quantitative estimate of drug-likeness (QED) is 0.339. The second kappa shape index (κ2) is 10.9. The van der Waals surface area contributed by atoms with Crippen LogP contribution in [-0.4, -0.2) is 11.9 Å². The first kappa shape index (κ1) is 22.0. The molecule has 0 aliphatic heterocycles. The van der Waals surface area contributed by atoms with E-state index in [0.29, 0.717) is 11.5 Å².